The van der Waals surface area contributed by atoms with Crippen LogP contribution >= 0.6 is 11.3 Å². The fourth-order valence-corrected chi connectivity index (χ4v) is 6.30. The number of nitrogens with one attached hydrogen (secondary N) is 1. The van der Waals surface area contributed by atoms with E-state index in [4.69, 9.17) is 0 Å². The van der Waals surface area contributed by atoms with Crippen molar-refractivity contribution >= 4 is 27.3 Å². The monoisotopic (exact) mass is 547 g/mol. The molecule has 192 valence electrons. The first-order chi connectivity index (χ1) is 16.9. The highest BCUT2D eigenvalue weighted by atomic mass is 32.2. The highest BCUT2D eigenvalue weighted by Gasteiger charge is 2.49. The number of hydrogen-bond donors (Lipinski definition) is 1. The lowest BCUT2D eigenvalue weighted by Gasteiger charge is -2.26. The molecule has 0 radical (unpaired) electrons. The zero-order valence-electron chi connectivity index (χ0n) is 18.4. The summed E-state index contributed by atoms with van der Waals surface area (Å²) in [6.07, 6.45) is -4.47. The molecule has 1 saturated heterocycles. The molecule has 1 N–H and O–H groups in total. The first kappa shape index (κ1) is 26.0. The van der Waals surface area contributed by atoms with Crippen LogP contribution < -0.4 is 5.32 Å². The Morgan fingerprint density at radius 1 is 1.19 bits per heavy atom. The summed E-state index contributed by atoms with van der Waals surface area (Å²) < 4.78 is 93.3. The minimum Gasteiger partial charge on any atom is -0.349 e. The highest BCUT2D eigenvalue weighted by molar-refractivity contribution is 7.89. The molecule has 36 heavy (non-hydrogen) atoms. The van der Waals surface area contributed by atoms with E-state index in [-0.39, 0.29) is 34.1 Å². The van der Waals surface area contributed by atoms with Crippen LogP contribution in [0, 0.1) is 5.82 Å². The van der Waals surface area contributed by atoms with Gasteiger partial charge < -0.3 is 5.32 Å². The number of alkyl halides is 4. The second-order valence-electron chi connectivity index (χ2n) is 7.94. The predicted molar refractivity (Wildman–Crippen MR) is 118 cm³/mol. The summed E-state index contributed by atoms with van der Waals surface area (Å²) in [6, 6.07) is 2.80. The summed E-state index contributed by atoms with van der Waals surface area (Å²) in [6.45, 7) is 1.12. The Balaban J connectivity index is 1.50. The van der Waals surface area contributed by atoms with Gasteiger partial charge in [-0.05, 0) is 37.3 Å². The van der Waals surface area contributed by atoms with Gasteiger partial charge in [0.15, 0.2) is 5.01 Å². The van der Waals surface area contributed by atoms with Crippen molar-refractivity contribution in [2.24, 2.45) is 0 Å². The van der Waals surface area contributed by atoms with E-state index < -0.39 is 51.2 Å². The lowest BCUT2D eigenvalue weighted by atomic mass is 10.1. The number of sulfonamides is 1. The van der Waals surface area contributed by atoms with Gasteiger partial charge in [-0.2, -0.15) is 17.5 Å². The number of thiazole rings is 1. The van der Waals surface area contributed by atoms with Crippen LogP contribution in [0.25, 0.3) is 10.6 Å². The molecule has 4 rings (SSSR count). The van der Waals surface area contributed by atoms with Gasteiger partial charge in [0.25, 0.3) is 0 Å². The van der Waals surface area contributed by atoms with Gasteiger partial charge in [0.05, 0.1) is 33.7 Å². The molecular formula is C21H18F5N5O3S2. The third-order valence-corrected chi connectivity index (χ3v) is 8.61. The number of aromatic nitrogens is 3. The maximum Gasteiger partial charge on any atom is 0.443 e. The molecule has 1 fully saturated rings. The average Bonchev–Trinajstić information content (AvgIpc) is 3.44. The summed E-state index contributed by atoms with van der Waals surface area (Å²) >= 11 is 0.396. The van der Waals surface area contributed by atoms with Gasteiger partial charge in [-0.25, -0.2) is 32.2 Å². The molecule has 3 heterocycles. The van der Waals surface area contributed by atoms with Crippen LogP contribution in [0.1, 0.15) is 24.0 Å². The van der Waals surface area contributed by atoms with Gasteiger partial charge in [-0.15, -0.1) is 11.3 Å². The number of benzene rings is 1. The van der Waals surface area contributed by atoms with Crippen molar-refractivity contribution in [3.8, 4) is 10.6 Å². The van der Waals surface area contributed by atoms with E-state index in [9.17, 15) is 35.2 Å². The second-order valence-corrected chi connectivity index (χ2v) is 10.8. The van der Waals surface area contributed by atoms with Gasteiger partial charge in [0, 0.05) is 12.6 Å². The Morgan fingerprint density at radius 3 is 2.53 bits per heavy atom. The topological polar surface area (TPSA) is 105 Å². The largest absolute Gasteiger partial charge is 0.443 e. The molecule has 1 aromatic carbocycles. The molecule has 0 saturated carbocycles. The summed E-state index contributed by atoms with van der Waals surface area (Å²) in [5.74, 6) is -1.44. The number of rotatable bonds is 6. The fraction of sp³-hybridized carbons (Fsp3) is 0.333. The van der Waals surface area contributed by atoms with E-state index in [2.05, 4.69) is 20.3 Å². The van der Waals surface area contributed by atoms with Gasteiger partial charge >= 0.3 is 6.18 Å². The minimum absolute atomic E-state index is 0.138. The molecule has 2 aromatic heterocycles. The van der Waals surface area contributed by atoms with Crippen LogP contribution in [0.5, 0.6) is 0 Å². The number of nitrogens with zero attached hydrogens (tertiary/aromatic N) is 4. The molecule has 15 heteroatoms. The van der Waals surface area contributed by atoms with Crippen molar-refractivity contribution in [1.29, 1.82) is 0 Å². The smallest absolute Gasteiger partial charge is 0.349 e. The van der Waals surface area contributed by atoms with E-state index in [0.717, 1.165) is 41.1 Å². The standard InChI is InChI=1S/C21H18F5N5O3S2/c1-11-15(23)7-17(31(11)36(33,34)14-4-2-12(22)3-5-14)19(32)27-8-13-6-16(30-10-29-13)18-9-28-20(35-18)21(24,25)26/h2-6,9-11,15,17H,7-8H2,1H3,(H,27,32)/t11-,15+,17-/m0/s1. The Labute approximate surface area is 206 Å². The quantitative estimate of drug-likeness (QED) is 0.474. The number of amides is 1. The Hall–Kier alpha value is -3.04. The molecular weight excluding hydrogens is 529 g/mol. The Kier molecular flexibility index (Phi) is 7.07. The van der Waals surface area contributed by atoms with Crippen LogP contribution in [-0.2, 0) is 27.5 Å². The number of hydrogen-bond acceptors (Lipinski definition) is 7. The van der Waals surface area contributed by atoms with Crippen LogP contribution in [0.4, 0.5) is 22.0 Å². The SMILES string of the molecule is C[C@H]1[C@H](F)C[C@@H](C(=O)NCc2cc(-c3cnc(C(F)(F)F)s3)ncn2)N1S(=O)(=O)c1ccc(F)cc1. The number of halogens is 5. The van der Waals surface area contributed by atoms with E-state index >= 15 is 0 Å². The van der Waals surface area contributed by atoms with Crippen molar-refractivity contribution in [1.82, 2.24) is 24.6 Å². The van der Waals surface area contributed by atoms with Crippen molar-refractivity contribution < 1.29 is 35.2 Å². The van der Waals surface area contributed by atoms with Crippen LogP contribution in [0.2, 0.25) is 0 Å². The molecule has 1 aliphatic rings. The first-order valence-corrected chi connectivity index (χ1v) is 12.7. The molecule has 3 atom stereocenters. The van der Waals surface area contributed by atoms with Crippen LogP contribution in [0.3, 0.4) is 0 Å². The lowest BCUT2D eigenvalue weighted by molar-refractivity contribution is -0.137. The van der Waals surface area contributed by atoms with Gasteiger partial charge in [0.1, 0.15) is 24.4 Å². The maximum atomic E-state index is 14.5. The van der Waals surface area contributed by atoms with Gasteiger partial charge in [0.2, 0.25) is 15.9 Å². The predicted octanol–water partition coefficient (Wildman–Crippen LogP) is 3.56. The first-order valence-electron chi connectivity index (χ1n) is 10.4. The molecule has 0 bridgehead atoms. The van der Waals surface area contributed by atoms with Crippen LogP contribution in [-0.4, -0.2) is 51.8 Å². The third-order valence-electron chi connectivity index (χ3n) is 5.54. The normalized spacial score (nSPS) is 21.0. The Morgan fingerprint density at radius 2 is 1.89 bits per heavy atom. The van der Waals surface area contributed by atoms with Crippen molar-refractivity contribution in [3.05, 3.63) is 59.4 Å². The number of carbonyl (C=O) groups is 1. The molecule has 1 aliphatic heterocycles. The van der Waals surface area contributed by atoms with Crippen molar-refractivity contribution in [3.63, 3.8) is 0 Å². The van der Waals surface area contributed by atoms with Gasteiger partial charge in [-0.3, -0.25) is 4.79 Å². The molecule has 3 aromatic rings. The molecule has 1 amide bonds. The lowest BCUT2D eigenvalue weighted by Crippen LogP contribution is -2.48. The highest BCUT2D eigenvalue weighted by Crippen LogP contribution is 2.36. The third kappa shape index (κ3) is 5.22. The van der Waals surface area contributed by atoms with Crippen LogP contribution in [0.15, 0.2) is 47.8 Å². The average molecular weight is 548 g/mol. The Bertz CT molecular complexity index is 1360. The number of carbonyl (C=O) groups excluding carboxylic acids is 1. The summed E-state index contributed by atoms with van der Waals surface area (Å²) in [7, 11) is -4.32. The second kappa shape index (κ2) is 9.78. The molecule has 8 nitrogen and oxygen atoms in total. The minimum atomic E-state index is -4.60. The fourth-order valence-electron chi connectivity index (χ4n) is 3.74. The zero-order chi connectivity index (χ0) is 26.3. The molecule has 0 unspecified atom stereocenters. The zero-order valence-corrected chi connectivity index (χ0v) is 20.0. The summed E-state index contributed by atoms with van der Waals surface area (Å²) in [5.41, 5.74) is 0.382. The molecule has 0 spiro atoms. The van der Waals surface area contributed by atoms with Crippen molar-refractivity contribution in [2.75, 3.05) is 0 Å². The van der Waals surface area contributed by atoms with E-state index in [1.807, 2.05) is 0 Å². The summed E-state index contributed by atoms with van der Waals surface area (Å²) in [5, 5.41) is 1.46. The maximum absolute atomic E-state index is 14.5. The molecule has 0 aliphatic carbocycles. The van der Waals surface area contributed by atoms with Gasteiger partial charge in [-0.1, -0.05) is 0 Å². The van der Waals surface area contributed by atoms with Crippen molar-refractivity contribution in [2.45, 2.75) is 49.2 Å². The summed E-state index contributed by atoms with van der Waals surface area (Å²) in [4.78, 5) is 24.0. The van der Waals surface area contributed by atoms with E-state index in [1.165, 1.54) is 13.0 Å². The van der Waals surface area contributed by atoms with E-state index in [0.29, 0.717) is 11.3 Å². The van der Waals surface area contributed by atoms with E-state index in [1.54, 1.807) is 0 Å².